The Morgan fingerprint density at radius 1 is 0.939 bits per heavy atom. The molecular weight excluding hydrogens is 436 g/mol. The highest BCUT2D eigenvalue weighted by Crippen LogP contribution is 2.28. The highest BCUT2D eigenvalue weighted by Gasteiger charge is 2.27. The summed E-state index contributed by atoms with van der Waals surface area (Å²) < 4.78 is 32.9. The number of hydrogen-bond donors (Lipinski definition) is 1. The van der Waals surface area contributed by atoms with E-state index in [0.29, 0.717) is 19.5 Å². The Morgan fingerprint density at radius 3 is 2.12 bits per heavy atom. The van der Waals surface area contributed by atoms with Gasteiger partial charge in [0.05, 0.1) is 13.2 Å². The first-order chi connectivity index (χ1) is 15.9. The van der Waals surface area contributed by atoms with Crippen LogP contribution in [0.2, 0.25) is 0 Å². The number of carbonyl (C=O) groups excluding carboxylic acids is 1. The van der Waals surface area contributed by atoms with Crippen molar-refractivity contribution in [1.82, 2.24) is 9.62 Å². The first-order valence-corrected chi connectivity index (χ1v) is 12.4. The number of nitrogens with zero attached hydrogens (tertiary/aromatic N) is 1. The summed E-state index contributed by atoms with van der Waals surface area (Å²) in [7, 11) is -2.38. The van der Waals surface area contributed by atoms with Crippen LogP contribution in [0.1, 0.15) is 41.4 Å². The van der Waals surface area contributed by atoms with Gasteiger partial charge in [-0.2, -0.15) is 4.31 Å². The van der Waals surface area contributed by atoms with Crippen molar-refractivity contribution in [3.05, 3.63) is 95.6 Å². The van der Waals surface area contributed by atoms with Crippen LogP contribution in [0, 0.1) is 0 Å². The molecule has 0 aromatic heterocycles. The molecule has 1 amide bonds. The van der Waals surface area contributed by atoms with Gasteiger partial charge in [0.1, 0.15) is 10.6 Å². The molecule has 0 aliphatic heterocycles. The summed E-state index contributed by atoms with van der Waals surface area (Å²) in [5.41, 5.74) is 2.32. The largest absolute Gasteiger partial charge is 0.495 e. The Bertz CT molecular complexity index is 1160. The predicted octanol–water partition coefficient (Wildman–Crippen LogP) is 4.44. The van der Waals surface area contributed by atoms with Gasteiger partial charge in [0.15, 0.2) is 0 Å². The third-order valence-corrected chi connectivity index (χ3v) is 7.61. The summed E-state index contributed by atoms with van der Waals surface area (Å²) in [4.78, 5) is 13.2. The van der Waals surface area contributed by atoms with E-state index in [1.54, 1.807) is 19.9 Å². The van der Waals surface area contributed by atoms with Crippen molar-refractivity contribution in [1.29, 1.82) is 0 Å². The highest BCUT2D eigenvalue weighted by molar-refractivity contribution is 7.89. The van der Waals surface area contributed by atoms with Gasteiger partial charge < -0.3 is 10.1 Å². The van der Waals surface area contributed by atoms with Crippen LogP contribution >= 0.6 is 0 Å². The molecule has 174 valence electrons. The summed E-state index contributed by atoms with van der Waals surface area (Å²) in [5, 5.41) is 3.08. The van der Waals surface area contributed by atoms with Gasteiger partial charge in [-0.05, 0) is 35.7 Å². The second kappa shape index (κ2) is 11.1. The fourth-order valence-electron chi connectivity index (χ4n) is 3.75. The third-order valence-electron chi connectivity index (χ3n) is 5.54. The molecule has 1 unspecified atom stereocenters. The van der Waals surface area contributed by atoms with E-state index in [1.165, 1.54) is 23.5 Å². The first kappa shape index (κ1) is 24.5. The maximum absolute atomic E-state index is 13.2. The number of amides is 1. The zero-order chi connectivity index (χ0) is 23.8. The number of ether oxygens (including phenoxy) is 1. The topological polar surface area (TPSA) is 75.7 Å². The van der Waals surface area contributed by atoms with E-state index in [4.69, 9.17) is 4.74 Å². The second-order valence-electron chi connectivity index (χ2n) is 7.58. The quantitative estimate of drug-likeness (QED) is 0.479. The van der Waals surface area contributed by atoms with Crippen LogP contribution in [0.5, 0.6) is 5.75 Å². The molecule has 0 heterocycles. The Kier molecular flexibility index (Phi) is 8.25. The Balaban J connectivity index is 1.94. The monoisotopic (exact) mass is 466 g/mol. The molecule has 0 saturated carbocycles. The summed E-state index contributed by atoms with van der Waals surface area (Å²) in [5.74, 6) is -0.138. The molecule has 33 heavy (non-hydrogen) atoms. The Labute approximate surface area is 196 Å². The molecule has 0 radical (unpaired) electrons. The second-order valence-corrected chi connectivity index (χ2v) is 9.49. The molecule has 0 bridgehead atoms. The lowest BCUT2D eigenvalue weighted by Gasteiger charge is -2.22. The zero-order valence-corrected chi connectivity index (χ0v) is 20.0. The van der Waals surface area contributed by atoms with Crippen molar-refractivity contribution < 1.29 is 17.9 Å². The van der Waals surface area contributed by atoms with Crippen LogP contribution in [0.15, 0.2) is 83.8 Å². The van der Waals surface area contributed by atoms with Crippen LogP contribution in [0.3, 0.4) is 0 Å². The molecule has 0 aliphatic carbocycles. The van der Waals surface area contributed by atoms with Crippen molar-refractivity contribution in [2.45, 2.75) is 31.2 Å². The lowest BCUT2D eigenvalue weighted by atomic mass is 9.98. The number of nitrogens with one attached hydrogen (secondary N) is 1. The van der Waals surface area contributed by atoms with Crippen molar-refractivity contribution in [3.63, 3.8) is 0 Å². The molecule has 1 N–H and O–H groups in total. The lowest BCUT2D eigenvalue weighted by Crippen LogP contribution is -2.32. The molecule has 3 aromatic rings. The fourth-order valence-corrected chi connectivity index (χ4v) is 5.39. The van der Waals surface area contributed by atoms with Crippen LogP contribution < -0.4 is 10.1 Å². The molecule has 0 fully saturated rings. The van der Waals surface area contributed by atoms with Gasteiger partial charge >= 0.3 is 0 Å². The molecule has 3 rings (SSSR count). The van der Waals surface area contributed by atoms with E-state index in [-0.39, 0.29) is 28.2 Å². The van der Waals surface area contributed by atoms with Crippen molar-refractivity contribution >= 4 is 15.9 Å². The Hall–Kier alpha value is -3.16. The number of rotatable bonds is 10. The van der Waals surface area contributed by atoms with Crippen molar-refractivity contribution in [2.75, 3.05) is 20.2 Å². The van der Waals surface area contributed by atoms with E-state index in [1.807, 2.05) is 60.7 Å². The van der Waals surface area contributed by atoms with E-state index in [2.05, 4.69) is 5.32 Å². The highest BCUT2D eigenvalue weighted by atomic mass is 32.2. The van der Waals surface area contributed by atoms with Crippen molar-refractivity contribution in [2.24, 2.45) is 0 Å². The van der Waals surface area contributed by atoms with Gasteiger partial charge in [0.25, 0.3) is 5.91 Å². The van der Waals surface area contributed by atoms with E-state index in [9.17, 15) is 13.2 Å². The van der Waals surface area contributed by atoms with Crippen molar-refractivity contribution in [3.8, 4) is 5.75 Å². The number of hydrogen-bond acceptors (Lipinski definition) is 4. The summed E-state index contributed by atoms with van der Waals surface area (Å²) in [6.07, 6.45) is 0.608. The molecule has 7 heteroatoms. The van der Waals surface area contributed by atoms with Gasteiger partial charge in [0, 0.05) is 18.7 Å². The predicted molar refractivity (Wildman–Crippen MR) is 130 cm³/mol. The van der Waals surface area contributed by atoms with Crippen LogP contribution in [0.25, 0.3) is 0 Å². The average Bonchev–Trinajstić information content (AvgIpc) is 2.85. The van der Waals surface area contributed by atoms with Gasteiger partial charge in [0.2, 0.25) is 10.0 Å². The van der Waals surface area contributed by atoms with Crippen LogP contribution in [-0.4, -0.2) is 38.8 Å². The minimum atomic E-state index is -3.80. The van der Waals surface area contributed by atoms with E-state index < -0.39 is 10.0 Å². The number of sulfonamides is 1. The van der Waals surface area contributed by atoms with Gasteiger partial charge in [-0.3, -0.25) is 4.79 Å². The minimum absolute atomic E-state index is 0.0133. The fraction of sp³-hybridized carbons (Fsp3) is 0.269. The number of carbonyl (C=O) groups is 1. The van der Waals surface area contributed by atoms with E-state index >= 15 is 0 Å². The summed E-state index contributed by atoms with van der Waals surface area (Å²) >= 11 is 0. The normalized spacial score (nSPS) is 12.4. The van der Waals surface area contributed by atoms with Gasteiger partial charge in [-0.1, -0.05) is 74.5 Å². The molecule has 6 nitrogen and oxygen atoms in total. The Morgan fingerprint density at radius 2 is 1.55 bits per heavy atom. The third kappa shape index (κ3) is 5.80. The molecular formula is C26H30N2O4S. The average molecular weight is 467 g/mol. The molecule has 1 atom stereocenters. The molecule has 0 aliphatic rings. The minimum Gasteiger partial charge on any atom is -0.495 e. The summed E-state index contributed by atoms with van der Waals surface area (Å²) in [6.45, 7) is 4.20. The molecule has 3 aromatic carbocycles. The number of benzene rings is 3. The smallest absolute Gasteiger partial charge is 0.251 e. The SMILES string of the molecule is CCN(CC)S(=O)(=O)c1cc(C(=O)NC(Cc2ccccc2)c2ccccc2)ccc1OC. The maximum Gasteiger partial charge on any atom is 0.251 e. The first-order valence-electron chi connectivity index (χ1n) is 11.0. The van der Waals surface area contributed by atoms with Crippen LogP contribution in [0.4, 0.5) is 0 Å². The van der Waals surface area contributed by atoms with Gasteiger partial charge in [-0.25, -0.2) is 8.42 Å². The number of methoxy groups -OCH3 is 1. The summed E-state index contributed by atoms with van der Waals surface area (Å²) in [6, 6.07) is 23.9. The molecule has 0 spiro atoms. The maximum atomic E-state index is 13.2. The molecule has 0 saturated heterocycles. The zero-order valence-electron chi connectivity index (χ0n) is 19.2. The van der Waals surface area contributed by atoms with Gasteiger partial charge in [-0.15, -0.1) is 0 Å². The lowest BCUT2D eigenvalue weighted by molar-refractivity contribution is 0.0936. The van der Waals surface area contributed by atoms with Crippen LogP contribution in [-0.2, 0) is 16.4 Å². The van der Waals surface area contributed by atoms with E-state index in [0.717, 1.165) is 11.1 Å². The standard InChI is InChI=1S/C26H30N2O4S/c1-4-28(5-2)33(30,31)25-19-22(16-17-24(25)32-3)26(29)27-23(21-14-10-7-11-15-21)18-20-12-8-6-9-13-20/h6-17,19,23H,4-5,18H2,1-3H3,(H,27,29).